The molecule has 0 atom stereocenters. The molecule has 0 bridgehead atoms. The van der Waals surface area contributed by atoms with Gasteiger partial charge in [-0.3, -0.25) is 9.59 Å². The van der Waals surface area contributed by atoms with Gasteiger partial charge in [-0.25, -0.2) is 0 Å². The van der Waals surface area contributed by atoms with Crippen LogP contribution in [0.3, 0.4) is 0 Å². The van der Waals surface area contributed by atoms with Crippen molar-refractivity contribution >= 4 is 75.3 Å². The van der Waals surface area contributed by atoms with Crippen molar-refractivity contribution in [2.45, 2.75) is 0 Å². The molecule has 0 N–H and O–H groups in total. The Morgan fingerprint density at radius 2 is 1.22 bits per heavy atom. The van der Waals surface area contributed by atoms with E-state index < -0.39 is 0 Å². The minimum Gasteiger partial charge on any atom is -0.456 e. The van der Waals surface area contributed by atoms with E-state index in [0.717, 1.165) is 36.9 Å². The van der Waals surface area contributed by atoms with Crippen LogP contribution in [-0.2, 0) is 0 Å². The maximum atomic E-state index is 14.1. The molecule has 0 aliphatic carbocycles. The van der Waals surface area contributed by atoms with Gasteiger partial charge < -0.3 is 8.98 Å². The molecule has 37 heavy (non-hydrogen) atoms. The highest BCUT2D eigenvalue weighted by atomic mass is 32.1. The Bertz CT molecular complexity index is 2300. The van der Waals surface area contributed by atoms with Crippen molar-refractivity contribution < 1.29 is 4.42 Å². The minimum atomic E-state index is -0.108. The van der Waals surface area contributed by atoms with Crippen molar-refractivity contribution in [3.05, 3.63) is 124 Å². The zero-order valence-corrected chi connectivity index (χ0v) is 20.2. The van der Waals surface area contributed by atoms with E-state index in [4.69, 9.17) is 4.42 Å². The van der Waals surface area contributed by atoms with Crippen LogP contribution in [-0.4, -0.2) is 4.57 Å². The van der Waals surface area contributed by atoms with Crippen molar-refractivity contribution in [3.8, 4) is 5.69 Å². The third-order valence-electron chi connectivity index (χ3n) is 7.19. The smallest absolute Gasteiger partial charge is 0.202 e. The second-order valence-corrected chi connectivity index (χ2v) is 10.3. The Morgan fingerprint density at radius 3 is 1.97 bits per heavy atom. The normalized spacial score (nSPS) is 12.0. The number of fused-ring (bicyclic) bond motifs is 7. The van der Waals surface area contributed by atoms with E-state index in [-0.39, 0.29) is 10.9 Å². The number of aromatic nitrogens is 1. The average Bonchev–Trinajstić information content (AvgIpc) is 3.27. The number of benzene rings is 5. The molecule has 0 fully saturated rings. The van der Waals surface area contributed by atoms with Crippen molar-refractivity contribution in [1.29, 1.82) is 0 Å². The molecule has 8 aromatic rings. The summed E-state index contributed by atoms with van der Waals surface area (Å²) in [5.41, 5.74) is 3.59. The van der Waals surface area contributed by atoms with E-state index in [0.29, 0.717) is 32.7 Å². The second kappa shape index (κ2) is 7.38. The first-order valence-electron chi connectivity index (χ1n) is 12.0. The Morgan fingerprint density at radius 1 is 0.541 bits per heavy atom. The summed E-state index contributed by atoms with van der Waals surface area (Å²) in [7, 11) is 0. The summed E-state index contributed by atoms with van der Waals surface area (Å²) < 4.78 is 10.1. The Balaban J connectivity index is 1.53. The molecule has 8 rings (SSSR count). The minimum absolute atomic E-state index is 0.0481. The van der Waals surface area contributed by atoms with Crippen LogP contribution in [0, 0.1) is 0 Å². The van der Waals surface area contributed by atoms with E-state index in [9.17, 15) is 9.59 Å². The van der Waals surface area contributed by atoms with Gasteiger partial charge in [0.25, 0.3) is 0 Å². The Kier molecular flexibility index (Phi) is 4.08. The van der Waals surface area contributed by atoms with Crippen LogP contribution in [0.25, 0.3) is 69.6 Å². The molecule has 174 valence electrons. The average molecular weight is 496 g/mol. The summed E-state index contributed by atoms with van der Waals surface area (Å²) in [6.45, 7) is 0. The third-order valence-corrected chi connectivity index (χ3v) is 8.33. The molecule has 4 nitrogen and oxygen atoms in total. The fraction of sp³-hybridized carbons (Fsp3) is 0. The lowest BCUT2D eigenvalue weighted by atomic mass is 10.1. The Labute approximate surface area is 213 Å². The van der Waals surface area contributed by atoms with Gasteiger partial charge in [-0.05, 0) is 48.5 Å². The third kappa shape index (κ3) is 2.77. The first-order chi connectivity index (χ1) is 18.2. The fourth-order valence-corrected chi connectivity index (χ4v) is 6.64. The van der Waals surface area contributed by atoms with Gasteiger partial charge in [0.15, 0.2) is 5.43 Å². The standard InChI is InChI=1S/C32H17NO3S/c34-31-20-10-3-6-15-28(20)37-29-17-21-27(16-22(29)31)36-26-14-7-13-25(30(26)32(21)35)33-23-11-4-1-8-18(23)19-9-2-5-12-24(19)33/h1-17H. The molecule has 0 aliphatic heterocycles. The van der Waals surface area contributed by atoms with E-state index in [1.807, 2.05) is 72.8 Å². The second-order valence-electron chi connectivity index (χ2n) is 9.22. The van der Waals surface area contributed by atoms with Crippen LogP contribution in [0.4, 0.5) is 0 Å². The number of nitrogens with zero attached hydrogens (tertiary/aromatic N) is 1. The number of para-hydroxylation sites is 2. The highest BCUT2D eigenvalue weighted by Gasteiger charge is 2.18. The molecule has 0 radical (unpaired) electrons. The van der Waals surface area contributed by atoms with Crippen LogP contribution in [0.2, 0.25) is 0 Å². The molecule has 0 saturated carbocycles. The fourth-order valence-electron chi connectivity index (χ4n) is 5.54. The number of hydrogen-bond acceptors (Lipinski definition) is 4. The maximum Gasteiger partial charge on any atom is 0.202 e. The predicted molar refractivity (Wildman–Crippen MR) is 153 cm³/mol. The summed E-state index contributed by atoms with van der Waals surface area (Å²) in [5, 5.41) is 4.49. The molecular formula is C32H17NO3S. The van der Waals surface area contributed by atoms with Crippen LogP contribution < -0.4 is 10.9 Å². The van der Waals surface area contributed by atoms with Gasteiger partial charge in [0.2, 0.25) is 5.43 Å². The maximum absolute atomic E-state index is 14.1. The first-order valence-corrected chi connectivity index (χ1v) is 12.8. The molecule has 5 aromatic carbocycles. The van der Waals surface area contributed by atoms with Crippen LogP contribution in [0.15, 0.2) is 117 Å². The first kappa shape index (κ1) is 20.5. The van der Waals surface area contributed by atoms with E-state index in [1.54, 1.807) is 6.07 Å². The molecule has 0 saturated heterocycles. The van der Waals surface area contributed by atoms with Crippen molar-refractivity contribution in [2.24, 2.45) is 0 Å². The number of rotatable bonds is 1. The zero-order valence-electron chi connectivity index (χ0n) is 19.4. The number of hydrogen-bond donors (Lipinski definition) is 0. The van der Waals surface area contributed by atoms with Gasteiger partial charge in [-0.2, -0.15) is 0 Å². The van der Waals surface area contributed by atoms with Gasteiger partial charge in [0.05, 0.1) is 27.5 Å². The summed E-state index contributed by atoms with van der Waals surface area (Å²) in [6.07, 6.45) is 0. The molecular weight excluding hydrogens is 478 g/mol. The van der Waals surface area contributed by atoms with Crippen LogP contribution in [0.5, 0.6) is 0 Å². The SMILES string of the molecule is O=c1c2ccccc2sc2cc3c(=O)c4c(-n5c6ccccc6c6ccccc65)cccc4oc3cc12. The van der Waals surface area contributed by atoms with Crippen LogP contribution in [0.1, 0.15) is 0 Å². The molecule has 0 unspecified atom stereocenters. The quantitative estimate of drug-likeness (QED) is 0.219. The van der Waals surface area contributed by atoms with Crippen molar-refractivity contribution in [2.75, 3.05) is 0 Å². The molecule has 0 spiro atoms. The van der Waals surface area contributed by atoms with Gasteiger partial charge in [-0.15, -0.1) is 11.3 Å². The van der Waals surface area contributed by atoms with Gasteiger partial charge in [-0.1, -0.05) is 54.6 Å². The van der Waals surface area contributed by atoms with E-state index in [2.05, 4.69) is 28.8 Å². The molecule has 5 heteroatoms. The zero-order chi connectivity index (χ0) is 24.7. The topological polar surface area (TPSA) is 52.2 Å². The van der Waals surface area contributed by atoms with Crippen molar-refractivity contribution in [3.63, 3.8) is 0 Å². The summed E-state index contributed by atoms with van der Waals surface area (Å²) in [5.74, 6) is 0. The lowest BCUT2D eigenvalue weighted by Gasteiger charge is -2.12. The van der Waals surface area contributed by atoms with Crippen LogP contribution >= 0.6 is 11.3 Å². The summed E-state index contributed by atoms with van der Waals surface area (Å²) in [6, 6.07) is 33.3. The van der Waals surface area contributed by atoms with E-state index >= 15 is 0 Å². The van der Waals surface area contributed by atoms with Gasteiger partial charge in [0.1, 0.15) is 11.2 Å². The lowest BCUT2D eigenvalue weighted by molar-refractivity contribution is 0.660. The molecule has 3 heterocycles. The largest absolute Gasteiger partial charge is 0.456 e. The molecule has 0 aliphatic rings. The highest BCUT2D eigenvalue weighted by molar-refractivity contribution is 7.24. The van der Waals surface area contributed by atoms with Gasteiger partial charge >= 0.3 is 0 Å². The lowest BCUT2D eigenvalue weighted by Crippen LogP contribution is -2.08. The summed E-state index contributed by atoms with van der Waals surface area (Å²) in [4.78, 5) is 27.3. The summed E-state index contributed by atoms with van der Waals surface area (Å²) >= 11 is 1.51. The van der Waals surface area contributed by atoms with Gasteiger partial charge in [0, 0.05) is 30.9 Å². The Hall–Kier alpha value is -4.74. The van der Waals surface area contributed by atoms with E-state index in [1.165, 1.54) is 11.3 Å². The molecule has 3 aromatic heterocycles. The monoisotopic (exact) mass is 495 g/mol. The van der Waals surface area contributed by atoms with Crippen molar-refractivity contribution in [1.82, 2.24) is 4.57 Å². The predicted octanol–water partition coefficient (Wildman–Crippen LogP) is 7.77. The molecule has 0 amide bonds. The highest BCUT2D eigenvalue weighted by Crippen LogP contribution is 2.35.